The molecule has 0 atom stereocenters. The molecule has 19 heavy (non-hydrogen) atoms. The highest BCUT2D eigenvalue weighted by Gasteiger charge is 2.09. The number of halogens is 1. The van der Waals surface area contributed by atoms with Crippen molar-refractivity contribution < 1.29 is 9.21 Å². The lowest BCUT2D eigenvalue weighted by Gasteiger charge is -2.06. The van der Waals surface area contributed by atoms with Gasteiger partial charge in [-0.25, -0.2) is 4.98 Å². The Morgan fingerprint density at radius 1 is 1.21 bits per heavy atom. The molecule has 0 aliphatic heterocycles. The molecule has 0 aliphatic rings. The molecule has 0 fully saturated rings. The van der Waals surface area contributed by atoms with Crippen LogP contribution in [0.3, 0.4) is 0 Å². The van der Waals surface area contributed by atoms with E-state index < -0.39 is 0 Å². The SMILES string of the molecule is O=C(Nc1ccccc1I)c1ccc2ocnc2c1. The van der Waals surface area contributed by atoms with Gasteiger partial charge in [0.1, 0.15) is 5.52 Å². The number of oxazole rings is 1. The minimum Gasteiger partial charge on any atom is -0.443 e. The Labute approximate surface area is 123 Å². The summed E-state index contributed by atoms with van der Waals surface area (Å²) in [6.07, 6.45) is 1.37. The average molecular weight is 364 g/mol. The Kier molecular flexibility index (Phi) is 3.20. The fourth-order valence-electron chi connectivity index (χ4n) is 1.76. The van der Waals surface area contributed by atoms with Gasteiger partial charge in [0.25, 0.3) is 5.91 Å². The number of anilines is 1. The van der Waals surface area contributed by atoms with Gasteiger partial charge in [0.15, 0.2) is 12.0 Å². The Hall–Kier alpha value is -1.89. The minimum atomic E-state index is -0.158. The zero-order valence-corrected chi connectivity index (χ0v) is 11.9. The number of carbonyl (C=O) groups is 1. The van der Waals surface area contributed by atoms with Gasteiger partial charge in [0.05, 0.1) is 5.69 Å². The minimum absolute atomic E-state index is 0.158. The summed E-state index contributed by atoms with van der Waals surface area (Å²) < 4.78 is 6.14. The lowest BCUT2D eigenvalue weighted by atomic mass is 10.2. The molecule has 94 valence electrons. The first-order chi connectivity index (χ1) is 9.24. The molecule has 1 amide bonds. The van der Waals surface area contributed by atoms with Crippen LogP contribution >= 0.6 is 22.6 Å². The first kappa shape index (κ1) is 12.2. The summed E-state index contributed by atoms with van der Waals surface area (Å²) in [4.78, 5) is 16.2. The Balaban J connectivity index is 1.89. The van der Waals surface area contributed by atoms with Crippen molar-refractivity contribution in [3.8, 4) is 0 Å². The third kappa shape index (κ3) is 2.46. The van der Waals surface area contributed by atoms with Gasteiger partial charge in [-0.1, -0.05) is 12.1 Å². The fourth-order valence-corrected chi connectivity index (χ4v) is 2.28. The molecule has 3 rings (SSSR count). The van der Waals surface area contributed by atoms with E-state index >= 15 is 0 Å². The number of aromatic nitrogens is 1. The summed E-state index contributed by atoms with van der Waals surface area (Å²) >= 11 is 2.18. The Morgan fingerprint density at radius 2 is 2.05 bits per heavy atom. The molecule has 0 spiro atoms. The molecule has 1 N–H and O–H groups in total. The number of carbonyl (C=O) groups excluding carboxylic acids is 1. The second kappa shape index (κ2) is 5.00. The van der Waals surface area contributed by atoms with E-state index in [1.54, 1.807) is 18.2 Å². The maximum Gasteiger partial charge on any atom is 0.255 e. The van der Waals surface area contributed by atoms with Crippen LogP contribution < -0.4 is 5.32 Å². The van der Waals surface area contributed by atoms with Crippen LogP contribution in [0.25, 0.3) is 11.1 Å². The maximum absolute atomic E-state index is 12.2. The highest BCUT2D eigenvalue weighted by molar-refractivity contribution is 14.1. The zero-order chi connectivity index (χ0) is 13.2. The number of nitrogens with one attached hydrogen (secondary N) is 1. The van der Waals surface area contributed by atoms with E-state index in [4.69, 9.17) is 4.42 Å². The molecule has 1 heterocycles. The van der Waals surface area contributed by atoms with E-state index in [9.17, 15) is 4.79 Å². The van der Waals surface area contributed by atoms with Crippen molar-refractivity contribution in [2.24, 2.45) is 0 Å². The van der Waals surface area contributed by atoms with Crippen molar-refractivity contribution in [3.05, 3.63) is 58.0 Å². The van der Waals surface area contributed by atoms with Gasteiger partial charge in [0, 0.05) is 9.13 Å². The van der Waals surface area contributed by atoms with Crippen molar-refractivity contribution in [3.63, 3.8) is 0 Å². The molecule has 0 radical (unpaired) electrons. The van der Waals surface area contributed by atoms with Crippen LogP contribution in [0.5, 0.6) is 0 Å². The molecule has 1 aromatic heterocycles. The molecule has 0 aliphatic carbocycles. The summed E-state index contributed by atoms with van der Waals surface area (Å²) in [6, 6.07) is 12.8. The number of fused-ring (bicyclic) bond motifs is 1. The van der Waals surface area contributed by atoms with E-state index in [2.05, 4.69) is 32.9 Å². The summed E-state index contributed by atoms with van der Waals surface area (Å²) in [7, 11) is 0. The molecule has 2 aromatic carbocycles. The zero-order valence-electron chi connectivity index (χ0n) is 9.76. The molecule has 0 saturated heterocycles. The fraction of sp³-hybridized carbons (Fsp3) is 0. The molecule has 0 bridgehead atoms. The maximum atomic E-state index is 12.2. The smallest absolute Gasteiger partial charge is 0.255 e. The highest BCUT2D eigenvalue weighted by atomic mass is 127. The standard InChI is InChI=1S/C14H9IN2O2/c15-10-3-1-2-4-11(10)17-14(18)9-5-6-13-12(7-9)16-8-19-13/h1-8H,(H,17,18). The van der Waals surface area contributed by atoms with Crippen molar-refractivity contribution in [1.82, 2.24) is 4.98 Å². The van der Waals surface area contributed by atoms with Crippen LogP contribution in [0, 0.1) is 3.57 Å². The normalized spacial score (nSPS) is 10.6. The average Bonchev–Trinajstić information content (AvgIpc) is 2.88. The monoisotopic (exact) mass is 364 g/mol. The summed E-state index contributed by atoms with van der Waals surface area (Å²) in [5.74, 6) is -0.158. The van der Waals surface area contributed by atoms with E-state index in [1.807, 2.05) is 24.3 Å². The van der Waals surface area contributed by atoms with E-state index in [-0.39, 0.29) is 5.91 Å². The van der Waals surface area contributed by atoms with Crippen molar-refractivity contribution in [2.45, 2.75) is 0 Å². The second-order valence-corrected chi connectivity index (χ2v) is 5.13. The van der Waals surface area contributed by atoms with Crippen LogP contribution in [-0.4, -0.2) is 10.9 Å². The van der Waals surface area contributed by atoms with Crippen LogP contribution in [0.2, 0.25) is 0 Å². The van der Waals surface area contributed by atoms with E-state index in [0.29, 0.717) is 16.7 Å². The number of rotatable bonds is 2. The van der Waals surface area contributed by atoms with Gasteiger partial charge >= 0.3 is 0 Å². The van der Waals surface area contributed by atoms with Gasteiger partial charge in [0.2, 0.25) is 0 Å². The number of para-hydroxylation sites is 1. The topological polar surface area (TPSA) is 55.1 Å². The lowest BCUT2D eigenvalue weighted by Crippen LogP contribution is -2.12. The van der Waals surface area contributed by atoms with Crippen molar-refractivity contribution in [1.29, 1.82) is 0 Å². The van der Waals surface area contributed by atoms with E-state index in [0.717, 1.165) is 9.26 Å². The molecule has 4 nitrogen and oxygen atoms in total. The number of benzene rings is 2. The van der Waals surface area contributed by atoms with Gasteiger partial charge < -0.3 is 9.73 Å². The second-order valence-electron chi connectivity index (χ2n) is 3.97. The number of hydrogen-bond acceptors (Lipinski definition) is 3. The Bertz CT molecular complexity index is 752. The molecular weight excluding hydrogens is 355 g/mol. The first-order valence-electron chi connectivity index (χ1n) is 5.63. The third-order valence-electron chi connectivity index (χ3n) is 2.71. The van der Waals surface area contributed by atoms with Crippen LogP contribution in [0.15, 0.2) is 53.3 Å². The molecule has 0 unspecified atom stereocenters. The predicted molar refractivity (Wildman–Crippen MR) is 81.1 cm³/mol. The predicted octanol–water partition coefficient (Wildman–Crippen LogP) is 3.68. The highest BCUT2D eigenvalue weighted by Crippen LogP contribution is 2.19. The van der Waals surface area contributed by atoms with Gasteiger partial charge in [-0.15, -0.1) is 0 Å². The lowest BCUT2D eigenvalue weighted by molar-refractivity contribution is 0.102. The van der Waals surface area contributed by atoms with Gasteiger partial charge in [-0.05, 0) is 52.9 Å². The van der Waals surface area contributed by atoms with E-state index in [1.165, 1.54) is 6.39 Å². The summed E-state index contributed by atoms with van der Waals surface area (Å²) in [5.41, 5.74) is 2.70. The number of amides is 1. The van der Waals surface area contributed by atoms with Crippen LogP contribution in [0.4, 0.5) is 5.69 Å². The van der Waals surface area contributed by atoms with Gasteiger partial charge in [-0.3, -0.25) is 4.79 Å². The molecule has 0 saturated carbocycles. The van der Waals surface area contributed by atoms with Crippen LogP contribution in [-0.2, 0) is 0 Å². The summed E-state index contributed by atoms with van der Waals surface area (Å²) in [6.45, 7) is 0. The number of hydrogen-bond donors (Lipinski definition) is 1. The third-order valence-corrected chi connectivity index (χ3v) is 3.66. The van der Waals surface area contributed by atoms with Gasteiger partial charge in [-0.2, -0.15) is 0 Å². The summed E-state index contributed by atoms with van der Waals surface area (Å²) in [5, 5.41) is 2.88. The number of nitrogens with zero attached hydrogens (tertiary/aromatic N) is 1. The molecule has 3 aromatic rings. The van der Waals surface area contributed by atoms with Crippen molar-refractivity contribution >= 4 is 45.3 Å². The largest absolute Gasteiger partial charge is 0.443 e. The first-order valence-corrected chi connectivity index (χ1v) is 6.71. The van der Waals surface area contributed by atoms with Crippen molar-refractivity contribution in [2.75, 3.05) is 5.32 Å². The molecular formula is C14H9IN2O2. The van der Waals surface area contributed by atoms with Crippen LogP contribution in [0.1, 0.15) is 10.4 Å². The Morgan fingerprint density at radius 3 is 2.89 bits per heavy atom. The quantitative estimate of drug-likeness (QED) is 0.706. The molecule has 5 heteroatoms.